The number of unbranched alkanes of at least 4 members (excludes halogenated alkanes) is 14. The summed E-state index contributed by atoms with van der Waals surface area (Å²) in [6.45, 7) is 34.8. The van der Waals surface area contributed by atoms with Gasteiger partial charge in [-0.2, -0.15) is 13.2 Å². The van der Waals surface area contributed by atoms with Crippen LogP contribution in [0.5, 0.6) is 0 Å². The van der Waals surface area contributed by atoms with Crippen LogP contribution in [-0.4, -0.2) is 92.7 Å². The van der Waals surface area contributed by atoms with Crippen LogP contribution in [-0.2, 0) is 6.18 Å². The Balaban J connectivity index is 0.000000818. The Morgan fingerprint density at radius 1 is 0.271 bits per heavy atom. The number of rotatable bonds is 66. The van der Waals surface area contributed by atoms with Gasteiger partial charge in [-0.15, -0.1) is 82.3 Å². The average molecular weight is 2100 g/mol. The third-order valence-electron chi connectivity index (χ3n) is 23.0. The Morgan fingerprint density at radius 3 is 0.821 bits per heavy atom. The third kappa shape index (κ3) is 63.4. The van der Waals surface area contributed by atoms with Crippen LogP contribution in [0.25, 0.3) is 0 Å². The van der Waals surface area contributed by atoms with Crippen molar-refractivity contribution in [3.63, 3.8) is 0 Å². The molecular formula is C108H169F9N10O6S7. The summed E-state index contributed by atoms with van der Waals surface area (Å²) in [4.78, 5) is 31.0. The van der Waals surface area contributed by atoms with Gasteiger partial charge in [-0.1, -0.05) is 256 Å². The van der Waals surface area contributed by atoms with Gasteiger partial charge in [0.25, 0.3) is 17.1 Å². The number of anilines is 7. The number of nitro groups is 3. The largest absolute Gasteiger partial charge is 0.418 e. The molecule has 32 heteroatoms. The minimum Gasteiger partial charge on any atom is -0.376 e. The smallest absolute Gasteiger partial charge is 0.376 e. The molecule has 0 amide bonds. The van der Waals surface area contributed by atoms with Crippen LogP contribution in [0.2, 0.25) is 0 Å². The lowest BCUT2D eigenvalue weighted by Crippen LogP contribution is -2.12. The van der Waals surface area contributed by atoms with E-state index in [-0.39, 0.29) is 33.5 Å². The number of hydrogen-bond donors (Lipinski definition) is 7. The van der Waals surface area contributed by atoms with Gasteiger partial charge in [0.05, 0.1) is 85.0 Å². The summed E-state index contributed by atoms with van der Waals surface area (Å²) in [5.74, 6) is 1.59. The van der Waals surface area contributed by atoms with Gasteiger partial charge >= 0.3 is 6.18 Å². The predicted octanol–water partition coefficient (Wildman–Crippen LogP) is 38.2. The lowest BCUT2D eigenvalue weighted by atomic mass is 10.1. The second-order valence-corrected chi connectivity index (χ2v) is 43.4. The first-order valence-corrected chi connectivity index (χ1v) is 58.4. The molecule has 0 fully saturated rings. The number of alkyl halides is 3. The molecule has 0 unspecified atom stereocenters. The summed E-state index contributed by atoms with van der Waals surface area (Å²) < 4.78 is 117. The minimum absolute atomic E-state index is 0.0650. The van der Waals surface area contributed by atoms with Gasteiger partial charge in [0.1, 0.15) is 40.5 Å². The van der Waals surface area contributed by atoms with Gasteiger partial charge in [-0.05, 0) is 200 Å². The van der Waals surface area contributed by atoms with Crippen molar-refractivity contribution in [2.75, 3.05) is 78.4 Å². The van der Waals surface area contributed by atoms with Crippen LogP contribution in [0.15, 0.2) is 140 Å². The van der Waals surface area contributed by atoms with Crippen LogP contribution in [0.3, 0.4) is 0 Å². The molecule has 0 radical (unpaired) electrons. The quantitative estimate of drug-likeness (QED) is 0.00621. The van der Waals surface area contributed by atoms with Crippen molar-refractivity contribution in [2.24, 2.45) is 0 Å². The van der Waals surface area contributed by atoms with Gasteiger partial charge in [-0.25, -0.2) is 26.3 Å². The fourth-order valence-corrected chi connectivity index (χ4v) is 21.5. The minimum atomic E-state index is -4.56. The normalized spacial score (nSPS) is 12.4. The van der Waals surface area contributed by atoms with E-state index in [4.69, 9.17) is 0 Å². The van der Waals surface area contributed by atoms with Crippen molar-refractivity contribution in [3.8, 4) is 0 Å². The van der Waals surface area contributed by atoms with E-state index < -0.39 is 50.7 Å². The van der Waals surface area contributed by atoms with Crippen LogP contribution >= 0.6 is 82.3 Å². The number of nitro benzene ring substituents is 3. The molecule has 7 rings (SSSR count). The van der Waals surface area contributed by atoms with Gasteiger partial charge in [-0.3, -0.25) is 30.3 Å². The Hall–Kier alpha value is -6.84. The van der Waals surface area contributed by atoms with Gasteiger partial charge < -0.3 is 37.2 Å². The first-order chi connectivity index (χ1) is 67.3. The summed E-state index contributed by atoms with van der Waals surface area (Å²) in [6, 6.07) is 34.2. The number of thioether (sulfide) groups is 7. The molecule has 0 aliphatic heterocycles. The molecule has 0 saturated heterocycles. The van der Waals surface area contributed by atoms with Gasteiger partial charge in [0.15, 0.2) is 5.82 Å². The molecule has 16 nitrogen and oxygen atoms in total. The second-order valence-electron chi connectivity index (χ2n) is 34.4. The lowest BCUT2D eigenvalue weighted by molar-refractivity contribution is -0.385. The summed E-state index contributed by atoms with van der Waals surface area (Å²) in [5.41, 5.74) is 4.83. The number of aryl methyl sites for hydroxylation is 2. The highest BCUT2D eigenvalue weighted by Crippen LogP contribution is 2.38. The van der Waals surface area contributed by atoms with E-state index in [2.05, 4.69) is 177 Å². The van der Waals surface area contributed by atoms with Crippen LogP contribution < -0.4 is 37.2 Å². The summed E-state index contributed by atoms with van der Waals surface area (Å²) in [5, 5.41) is 58.7. The fraction of sp³-hybridized carbons (Fsp3) is 0.611. The number of non-ortho nitro benzene ring substituents is 1. The molecule has 7 N–H and O–H groups in total. The van der Waals surface area contributed by atoms with Crippen molar-refractivity contribution in [2.45, 2.75) is 378 Å². The average Bonchev–Trinajstić information content (AvgIpc) is 0.816. The van der Waals surface area contributed by atoms with Crippen molar-refractivity contribution in [1.29, 1.82) is 0 Å². The lowest BCUT2D eigenvalue weighted by Gasteiger charge is -2.17. The molecule has 792 valence electrons. The number of benzene rings is 7. The third-order valence-corrected chi connectivity index (χ3v) is 32.4. The zero-order valence-electron chi connectivity index (χ0n) is 86.6. The molecule has 0 aromatic heterocycles. The molecule has 0 spiro atoms. The second kappa shape index (κ2) is 83.3. The van der Waals surface area contributed by atoms with Crippen LogP contribution in [0, 0.1) is 79.1 Å². The number of nitrogens with zero attached hydrogens (tertiary/aromatic N) is 3. The van der Waals surface area contributed by atoms with E-state index >= 15 is 0 Å². The molecule has 0 aliphatic carbocycles. The number of hydrogen-bond acceptors (Lipinski definition) is 20. The van der Waals surface area contributed by atoms with E-state index in [1.807, 2.05) is 48.3 Å². The van der Waals surface area contributed by atoms with Crippen molar-refractivity contribution in [3.05, 3.63) is 221 Å². The highest BCUT2D eigenvalue weighted by Gasteiger charge is 2.34. The monoisotopic (exact) mass is 2100 g/mol. The van der Waals surface area contributed by atoms with Crippen LogP contribution in [0.4, 0.5) is 96.4 Å². The predicted molar refractivity (Wildman–Crippen MR) is 599 cm³/mol. The maximum absolute atomic E-state index is 13.7. The molecule has 7 aromatic rings. The first-order valence-electron chi connectivity index (χ1n) is 51.1. The van der Waals surface area contributed by atoms with E-state index in [1.54, 1.807) is 59.6 Å². The molecular weight excluding hydrogens is 1930 g/mol. The number of nitrogens with one attached hydrogen (secondary N) is 7. The highest BCUT2D eigenvalue weighted by molar-refractivity contribution is 8.01. The van der Waals surface area contributed by atoms with Gasteiger partial charge in [0.2, 0.25) is 0 Å². The Morgan fingerprint density at radius 2 is 0.521 bits per heavy atom. The standard InChI is InChI=1S/C16H23F4NS.C16H26N2O2S.C16H27NS.C15H23F2NS.2C15H23FN2O2S.C15H24FNS/c1-3-5-6-7-13(4-2)22-11-21-15-9-8-12(17)10-14(15)16(18,19)20;1-4-6-7-8-14(5-2)21-12-17-15-10-9-13(3)11-16(15)18(19)20;1-4-6-7-8-16(5-2)18-13-17-15-11-9-14(3)10-12-15;1-3-5-6-7-13(4-2)19-11-18-15-9-8-12(16)10-14(15)17;1-3-5-6-7-13(4-2)21-11-17-15-9-8-12(18(19)20)10-14(15)16;1-3-5-6-7-13(4-2)21-11-17-14-9-8-12(16)10-15(14)18(19)20;1-3-5-6-7-15(4-2)18-12-17-14-10-8-13(16)9-11-14/h8-10,13,21H,3-7,11H2,1-2H3;9-11,14,17H,4-8,12H2,1-3H3;9-12,16-17H,4-8,13H2,1-3H3;8-10,13,18H,3-7,11H2,1-2H3;2*8-10,13,17H,3-7,11H2,1-2H3;8-11,15,17H,3-7,12H2,1-2H3/t13-;14-;16-;3*13-;15-/m1111111/s1. The zero-order chi connectivity index (χ0) is 104. The van der Waals surface area contributed by atoms with Gasteiger partial charge in [0, 0.05) is 72.0 Å². The Labute approximate surface area is 865 Å². The Kier molecular flexibility index (Phi) is 78.1. The van der Waals surface area contributed by atoms with Crippen molar-refractivity contribution >= 4 is 139 Å². The molecule has 0 saturated carbocycles. The Bertz CT molecular complexity index is 4170. The summed E-state index contributed by atoms with van der Waals surface area (Å²) in [7, 11) is 0. The summed E-state index contributed by atoms with van der Waals surface area (Å²) >= 11 is 12.8. The van der Waals surface area contributed by atoms with E-state index in [0.29, 0.717) is 84.4 Å². The fourth-order valence-electron chi connectivity index (χ4n) is 14.1. The molecule has 7 atom stereocenters. The highest BCUT2D eigenvalue weighted by atomic mass is 32.2. The summed E-state index contributed by atoms with van der Waals surface area (Å²) in [6.07, 6.45) is 38.4. The SMILES string of the molecule is CCCCC[C@@H](CC)SCNc1ccc(C)cc1.CCCCC[C@@H](CC)SCNc1ccc(C)cc1[N+](=O)[O-].CCCCC[C@@H](CC)SCNc1ccc(F)cc1.CCCCC[C@@H](CC)SCNc1ccc(F)cc1C(F)(F)F.CCCCC[C@@H](CC)SCNc1ccc(F)cc1F.CCCCC[C@@H](CC)SCNc1ccc(F)cc1[N+](=O)[O-].CCCCC[C@@H](CC)SCNc1ccc([N+](=O)[O-])cc1F. The van der Waals surface area contributed by atoms with E-state index in [1.165, 1.54) is 233 Å². The zero-order valence-corrected chi connectivity index (χ0v) is 92.3. The molecule has 140 heavy (non-hydrogen) atoms. The molecule has 7 aromatic carbocycles. The molecule has 0 aliphatic rings. The van der Waals surface area contributed by atoms with Crippen molar-refractivity contribution < 1.29 is 54.3 Å². The maximum atomic E-state index is 13.7. The number of halogens is 9. The topological polar surface area (TPSA) is 214 Å². The van der Waals surface area contributed by atoms with Crippen LogP contribution in [0.1, 0.15) is 338 Å². The van der Waals surface area contributed by atoms with E-state index in [9.17, 15) is 69.9 Å². The first kappa shape index (κ1) is 131. The molecule has 0 heterocycles. The maximum Gasteiger partial charge on any atom is 0.418 e. The van der Waals surface area contributed by atoms with E-state index in [0.717, 1.165) is 115 Å². The molecule has 0 bridgehead atoms. The van der Waals surface area contributed by atoms with Crippen molar-refractivity contribution in [1.82, 2.24) is 0 Å².